The predicted octanol–water partition coefficient (Wildman–Crippen LogP) is 1.96. The maximum Gasteiger partial charge on any atom is 0.224 e. The van der Waals surface area contributed by atoms with E-state index >= 15 is 0 Å². The van der Waals surface area contributed by atoms with Crippen molar-refractivity contribution in [1.82, 2.24) is 5.32 Å². The third-order valence-electron chi connectivity index (χ3n) is 3.69. The van der Waals surface area contributed by atoms with E-state index in [4.69, 9.17) is 10.2 Å². The van der Waals surface area contributed by atoms with E-state index in [-0.39, 0.29) is 18.3 Å². The third-order valence-corrected chi connectivity index (χ3v) is 3.69. The van der Waals surface area contributed by atoms with Crippen LogP contribution in [0.1, 0.15) is 23.1 Å². The molecule has 0 saturated heterocycles. The van der Waals surface area contributed by atoms with E-state index in [2.05, 4.69) is 17.4 Å². The van der Waals surface area contributed by atoms with Crippen LogP contribution in [0.3, 0.4) is 0 Å². The van der Waals surface area contributed by atoms with Crippen molar-refractivity contribution in [2.75, 3.05) is 13.1 Å². The third kappa shape index (κ3) is 2.81. The van der Waals surface area contributed by atoms with Gasteiger partial charge < -0.3 is 15.5 Å². The summed E-state index contributed by atoms with van der Waals surface area (Å²) >= 11 is 0. The molecule has 0 unspecified atom stereocenters. The number of carbonyl (C=O) groups excluding carboxylic acids is 1. The van der Waals surface area contributed by atoms with Crippen molar-refractivity contribution in [3.63, 3.8) is 0 Å². The van der Waals surface area contributed by atoms with Crippen LogP contribution >= 0.6 is 12.4 Å². The van der Waals surface area contributed by atoms with Gasteiger partial charge in [-0.25, -0.2) is 0 Å². The topological polar surface area (TPSA) is 68.3 Å². The van der Waals surface area contributed by atoms with Gasteiger partial charge in [-0.15, -0.1) is 12.4 Å². The van der Waals surface area contributed by atoms with Gasteiger partial charge in [0.25, 0.3) is 0 Å². The van der Waals surface area contributed by atoms with Gasteiger partial charge in [-0.05, 0) is 42.5 Å². The van der Waals surface area contributed by atoms with E-state index in [9.17, 15) is 4.79 Å². The Hall–Kier alpha value is -1.52. The van der Waals surface area contributed by atoms with Crippen LogP contribution in [0.15, 0.2) is 22.8 Å². The van der Waals surface area contributed by atoms with Crippen LogP contribution in [-0.4, -0.2) is 19.0 Å². The highest BCUT2D eigenvalue weighted by atomic mass is 35.5. The average Bonchev–Trinajstić information content (AvgIpc) is 3.01. The lowest BCUT2D eigenvalue weighted by molar-refractivity contribution is -0.120. The first-order valence-corrected chi connectivity index (χ1v) is 6.76. The molecular formula is C15H19ClN2O2. The molecule has 0 aliphatic heterocycles. The largest absolute Gasteiger partial charge is 0.464 e. The summed E-state index contributed by atoms with van der Waals surface area (Å²) < 4.78 is 5.57. The SMILES string of the molecule is Cl.NCCNC(=O)Cc1coc2cc3c(cc12)CCC3. The summed E-state index contributed by atoms with van der Waals surface area (Å²) in [6, 6.07) is 4.31. The number of nitrogens with two attached hydrogens (primary N) is 1. The number of carbonyl (C=O) groups is 1. The average molecular weight is 295 g/mol. The fourth-order valence-electron chi connectivity index (χ4n) is 2.73. The lowest BCUT2D eigenvalue weighted by Gasteiger charge is -2.03. The summed E-state index contributed by atoms with van der Waals surface area (Å²) in [6.07, 6.45) is 5.54. The Labute approximate surface area is 124 Å². The second kappa shape index (κ2) is 6.29. The van der Waals surface area contributed by atoms with Crippen molar-refractivity contribution in [2.45, 2.75) is 25.7 Å². The van der Waals surface area contributed by atoms with Crippen LogP contribution in [0.5, 0.6) is 0 Å². The highest BCUT2D eigenvalue weighted by Crippen LogP contribution is 2.30. The molecule has 1 amide bonds. The number of nitrogens with one attached hydrogen (secondary N) is 1. The van der Waals surface area contributed by atoms with Crippen LogP contribution in [0.25, 0.3) is 11.0 Å². The molecule has 0 spiro atoms. The summed E-state index contributed by atoms with van der Waals surface area (Å²) in [5.74, 6) is -0.00588. The Morgan fingerprint density at radius 2 is 2.05 bits per heavy atom. The zero-order valence-electron chi connectivity index (χ0n) is 11.3. The molecule has 3 N–H and O–H groups in total. The van der Waals surface area contributed by atoms with Gasteiger partial charge in [-0.3, -0.25) is 4.79 Å². The van der Waals surface area contributed by atoms with Gasteiger partial charge in [0.05, 0.1) is 12.7 Å². The molecule has 0 atom stereocenters. The van der Waals surface area contributed by atoms with Crippen molar-refractivity contribution >= 4 is 29.3 Å². The molecule has 1 aromatic heterocycles. The Balaban J connectivity index is 0.00000147. The van der Waals surface area contributed by atoms with Crippen molar-refractivity contribution in [3.05, 3.63) is 35.1 Å². The summed E-state index contributed by atoms with van der Waals surface area (Å²) in [5.41, 5.74) is 10.0. The first-order valence-electron chi connectivity index (χ1n) is 6.76. The zero-order chi connectivity index (χ0) is 13.2. The number of fused-ring (bicyclic) bond motifs is 2. The van der Waals surface area contributed by atoms with Crippen molar-refractivity contribution in [2.24, 2.45) is 5.73 Å². The normalized spacial score (nSPS) is 13.1. The summed E-state index contributed by atoms with van der Waals surface area (Å²) in [7, 11) is 0. The Kier molecular flexibility index (Phi) is 4.68. The molecule has 2 aromatic rings. The molecule has 0 radical (unpaired) electrons. The Morgan fingerprint density at radius 3 is 2.80 bits per heavy atom. The molecule has 0 fully saturated rings. The number of benzene rings is 1. The molecule has 5 heteroatoms. The van der Waals surface area contributed by atoms with E-state index in [0.29, 0.717) is 19.5 Å². The number of hydrogen-bond acceptors (Lipinski definition) is 3. The lowest BCUT2D eigenvalue weighted by Crippen LogP contribution is -2.30. The van der Waals surface area contributed by atoms with Crippen LogP contribution in [0.4, 0.5) is 0 Å². The first kappa shape index (κ1) is 14.9. The van der Waals surface area contributed by atoms with Crippen LogP contribution in [-0.2, 0) is 24.1 Å². The number of rotatable bonds is 4. The predicted molar refractivity (Wildman–Crippen MR) is 81.3 cm³/mol. The standard InChI is InChI=1S/C15H18N2O2.ClH/c16-4-5-17-15(18)8-12-9-19-14-7-11-3-1-2-10(11)6-13(12)14;/h6-7,9H,1-5,8,16H2,(H,17,18);1H. The number of aryl methyl sites for hydroxylation is 2. The maximum atomic E-state index is 11.7. The van der Waals surface area contributed by atoms with Crippen LogP contribution in [0.2, 0.25) is 0 Å². The second-order valence-corrected chi connectivity index (χ2v) is 5.05. The van der Waals surface area contributed by atoms with E-state index in [0.717, 1.165) is 29.4 Å². The number of hydrogen-bond donors (Lipinski definition) is 2. The zero-order valence-corrected chi connectivity index (χ0v) is 12.1. The van der Waals surface area contributed by atoms with E-state index < -0.39 is 0 Å². The van der Waals surface area contributed by atoms with Gasteiger partial charge in [0.15, 0.2) is 0 Å². The summed E-state index contributed by atoms with van der Waals surface area (Å²) in [6.45, 7) is 0.982. The van der Waals surface area contributed by atoms with E-state index in [1.807, 2.05) is 0 Å². The first-order chi connectivity index (χ1) is 9.28. The van der Waals surface area contributed by atoms with E-state index in [1.165, 1.54) is 17.5 Å². The summed E-state index contributed by atoms with van der Waals surface area (Å²) in [4.78, 5) is 11.7. The van der Waals surface area contributed by atoms with Crippen molar-refractivity contribution < 1.29 is 9.21 Å². The molecule has 1 aliphatic carbocycles. The van der Waals surface area contributed by atoms with Crippen LogP contribution in [0, 0.1) is 0 Å². The van der Waals surface area contributed by atoms with Gasteiger partial charge in [-0.2, -0.15) is 0 Å². The van der Waals surface area contributed by atoms with Gasteiger partial charge in [0.2, 0.25) is 5.91 Å². The molecule has 1 aromatic carbocycles. The molecule has 4 nitrogen and oxygen atoms in total. The maximum absolute atomic E-state index is 11.7. The Bertz CT molecular complexity index is 622. The van der Waals surface area contributed by atoms with Gasteiger partial charge >= 0.3 is 0 Å². The minimum atomic E-state index is -0.00588. The van der Waals surface area contributed by atoms with Crippen molar-refractivity contribution in [1.29, 1.82) is 0 Å². The number of furan rings is 1. The molecular weight excluding hydrogens is 276 g/mol. The molecule has 0 bridgehead atoms. The lowest BCUT2D eigenvalue weighted by atomic mass is 10.0. The molecule has 0 saturated carbocycles. The smallest absolute Gasteiger partial charge is 0.224 e. The highest BCUT2D eigenvalue weighted by molar-refractivity contribution is 5.88. The minimum Gasteiger partial charge on any atom is -0.464 e. The summed E-state index contributed by atoms with van der Waals surface area (Å²) in [5, 5.41) is 3.85. The van der Waals surface area contributed by atoms with Gasteiger partial charge in [-0.1, -0.05) is 0 Å². The Morgan fingerprint density at radius 1 is 1.30 bits per heavy atom. The van der Waals surface area contributed by atoms with Crippen LogP contribution < -0.4 is 11.1 Å². The van der Waals surface area contributed by atoms with Gasteiger partial charge in [0, 0.05) is 24.0 Å². The fraction of sp³-hybridized carbons (Fsp3) is 0.400. The molecule has 1 heterocycles. The van der Waals surface area contributed by atoms with E-state index in [1.54, 1.807) is 6.26 Å². The number of halogens is 1. The molecule has 108 valence electrons. The van der Waals surface area contributed by atoms with Gasteiger partial charge in [0.1, 0.15) is 5.58 Å². The second-order valence-electron chi connectivity index (χ2n) is 5.05. The highest BCUT2D eigenvalue weighted by Gasteiger charge is 2.16. The number of amides is 1. The monoisotopic (exact) mass is 294 g/mol. The molecule has 3 rings (SSSR count). The fourth-order valence-corrected chi connectivity index (χ4v) is 2.73. The molecule has 20 heavy (non-hydrogen) atoms. The quantitative estimate of drug-likeness (QED) is 0.906. The molecule has 1 aliphatic rings. The van der Waals surface area contributed by atoms with Crippen molar-refractivity contribution in [3.8, 4) is 0 Å². The minimum absolute atomic E-state index is 0.